The van der Waals surface area contributed by atoms with Crippen molar-refractivity contribution in [3.63, 3.8) is 0 Å². The first-order valence-corrected chi connectivity index (χ1v) is 10.6. The minimum Gasteiger partial charge on any atom is -0.477 e. The SMILES string of the molecule is C/C=C\C1=C(C(=O)O)N2C(=O)[C@@H](NC(=O)/C(=N\OCC)c3csc(N)n3)[C@H]2SC1. The highest BCUT2D eigenvalue weighted by Gasteiger charge is 2.54. The van der Waals surface area contributed by atoms with Crippen molar-refractivity contribution in [1.82, 2.24) is 15.2 Å². The molecule has 2 aliphatic heterocycles. The number of carbonyl (C=O) groups excluding carboxylic acids is 2. The van der Waals surface area contributed by atoms with Crippen molar-refractivity contribution in [2.75, 3.05) is 18.1 Å². The Bertz CT molecular complexity index is 938. The molecular weight excluding hydrogens is 418 g/mol. The summed E-state index contributed by atoms with van der Waals surface area (Å²) in [5, 5.41) is 17.3. The van der Waals surface area contributed by atoms with Crippen LogP contribution in [0.3, 0.4) is 0 Å². The molecule has 3 heterocycles. The standard InChI is InChI=1S/C17H19N5O5S2/c1-3-5-8-6-28-15-11(14(24)22(15)12(8)16(25)26)20-13(23)10(21-27-4-2)9-7-29-17(18)19-9/h3,5,7,11,15H,4,6H2,1-2H3,(H2,18,19)(H,20,23)(H,25,26)/b5-3-,21-10-/t11-,15-/m1/s1. The maximum Gasteiger partial charge on any atom is 0.352 e. The lowest BCUT2D eigenvalue weighted by atomic mass is 10.0. The molecule has 2 atom stereocenters. The predicted molar refractivity (Wildman–Crippen MR) is 109 cm³/mol. The molecule has 4 N–H and O–H groups in total. The van der Waals surface area contributed by atoms with Crippen LogP contribution in [0.15, 0.2) is 34.0 Å². The maximum absolute atomic E-state index is 12.7. The van der Waals surface area contributed by atoms with Gasteiger partial charge >= 0.3 is 5.97 Å². The quantitative estimate of drug-likeness (QED) is 0.322. The van der Waals surface area contributed by atoms with Crippen molar-refractivity contribution in [2.45, 2.75) is 25.3 Å². The number of hydrogen-bond acceptors (Lipinski definition) is 9. The first-order valence-electron chi connectivity index (χ1n) is 8.65. The molecule has 154 valence electrons. The summed E-state index contributed by atoms with van der Waals surface area (Å²) in [5.41, 5.74) is 6.25. The van der Waals surface area contributed by atoms with Crippen LogP contribution in [0.2, 0.25) is 0 Å². The van der Waals surface area contributed by atoms with Crippen LogP contribution >= 0.6 is 23.1 Å². The van der Waals surface area contributed by atoms with Gasteiger partial charge in [0.15, 0.2) is 10.8 Å². The summed E-state index contributed by atoms with van der Waals surface area (Å²) in [6.45, 7) is 3.72. The van der Waals surface area contributed by atoms with E-state index in [-0.39, 0.29) is 28.8 Å². The van der Waals surface area contributed by atoms with E-state index < -0.39 is 29.2 Å². The molecular formula is C17H19N5O5S2. The number of β-lactam (4-membered cyclic amide) rings is 1. The van der Waals surface area contributed by atoms with Crippen LogP contribution in [0.5, 0.6) is 0 Å². The number of thiazole rings is 1. The Morgan fingerprint density at radius 1 is 1.55 bits per heavy atom. The number of nitrogens with zero attached hydrogens (tertiary/aromatic N) is 3. The van der Waals surface area contributed by atoms with Crippen LogP contribution in [-0.2, 0) is 19.2 Å². The number of nitrogens with two attached hydrogens (primary N) is 1. The summed E-state index contributed by atoms with van der Waals surface area (Å²) in [7, 11) is 0. The number of thioether (sulfide) groups is 1. The van der Waals surface area contributed by atoms with Crippen molar-refractivity contribution in [3.8, 4) is 0 Å². The molecule has 0 aromatic carbocycles. The average molecular weight is 438 g/mol. The molecule has 12 heteroatoms. The fourth-order valence-electron chi connectivity index (χ4n) is 2.91. The molecule has 3 rings (SSSR count). The van der Waals surface area contributed by atoms with Crippen LogP contribution in [-0.4, -0.2) is 62.3 Å². The zero-order valence-corrected chi connectivity index (χ0v) is 17.2. The number of allylic oxidation sites excluding steroid dienone is 2. The van der Waals surface area contributed by atoms with Crippen LogP contribution in [0.25, 0.3) is 0 Å². The molecule has 2 amide bonds. The number of amides is 2. The third-order valence-corrected chi connectivity index (χ3v) is 6.10. The first kappa shape index (κ1) is 20.9. The molecule has 1 saturated heterocycles. The van der Waals surface area contributed by atoms with Gasteiger partial charge in [-0.25, -0.2) is 9.78 Å². The number of rotatable bonds is 7. The Hall–Kier alpha value is -2.86. The van der Waals surface area contributed by atoms with E-state index in [2.05, 4.69) is 15.5 Å². The van der Waals surface area contributed by atoms with Crippen LogP contribution in [0.1, 0.15) is 19.5 Å². The van der Waals surface area contributed by atoms with E-state index in [0.717, 1.165) is 11.3 Å². The molecule has 1 aromatic rings. The molecule has 0 aliphatic carbocycles. The van der Waals surface area contributed by atoms with E-state index in [9.17, 15) is 19.5 Å². The summed E-state index contributed by atoms with van der Waals surface area (Å²) in [6.07, 6.45) is 3.39. The van der Waals surface area contributed by atoms with Crippen molar-refractivity contribution in [1.29, 1.82) is 0 Å². The van der Waals surface area contributed by atoms with Gasteiger partial charge in [0.05, 0.1) is 0 Å². The van der Waals surface area contributed by atoms with Crippen molar-refractivity contribution < 1.29 is 24.3 Å². The van der Waals surface area contributed by atoms with Gasteiger partial charge in [0.25, 0.3) is 11.8 Å². The highest BCUT2D eigenvalue weighted by Crippen LogP contribution is 2.40. The fourth-order valence-corrected chi connectivity index (χ4v) is 4.78. The predicted octanol–water partition coefficient (Wildman–Crippen LogP) is 0.781. The first-order chi connectivity index (χ1) is 13.9. The second-order valence-corrected chi connectivity index (χ2v) is 7.96. The number of oxime groups is 1. The van der Waals surface area contributed by atoms with E-state index in [1.807, 2.05) is 0 Å². The van der Waals surface area contributed by atoms with Gasteiger partial charge in [-0.2, -0.15) is 0 Å². The zero-order valence-electron chi connectivity index (χ0n) is 15.6. The number of nitrogens with one attached hydrogen (secondary N) is 1. The number of fused-ring (bicyclic) bond motifs is 1. The molecule has 0 unspecified atom stereocenters. The van der Waals surface area contributed by atoms with Crippen LogP contribution in [0, 0.1) is 0 Å². The summed E-state index contributed by atoms with van der Waals surface area (Å²) < 4.78 is 0. The van der Waals surface area contributed by atoms with Gasteiger partial charge in [0, 0.05) is 11.1 Å². The van der Waals surface area contributed by atoms with Gasteiger partial charge in [-0.3, -0.25) is 14.5 Å². The van der Waals surface area contributed by atoms with Crippen LogP contribution in [0.4, 0.5) is 5.13 Å². The molecule has 2 aliphatic rings. The number of carboxylic acids is 1. The van der Waals surface area contributed by atoms with Gasteiger partial charge in [-0.1, -0.05) is 17.3 Å². The van der Waals surface area contributed by atoms with Crippen molar-refractivity contribution in [2.24, 2.45) is 5.16 Å². The van der Waals surface area contributed by atoms with E-state index in [1.165, 1.54) is 16.7 Å². The Morgan fingerprint density at radius 3 is 2.90 bits per heavy atom. The van der Waals surface area contributed by atoms with E-state index in [4.69, 9.17) is 10.6 Å². The summed E-state index contributed by atoms with van der Waals surface area (Å²) in [5.74, 6) is -1.92. The number of carboxylic acid groups (broad SMARTS) is 1. The molecule has 1 fully saturated rings. The molecule has 0 radical (unpaired) electrons. The molecule has 0 bridgehead atoms. The lowest BCUT2D eigenvalue weighted by molar-refractivity contribution is -0.150. The van der Waals surface area contributed by atoms with Crippen LogP contribution < -0.4 is 11.1 Å². The highest BCUT2D eigenvalue weighted by molar-refractivity contribution is 8.00. The molecule has 0 saturated carbocycles. The number of anilines is 1. The highest BCUT2D eigenvalue weighted by atomic mass is 32.2. The Balaban J connectivity index is 1.80. The lowest BCUT2D eigenvalue weighted by Gasteiger charge is -2.49. The lowest BCUT2D eigenvalue weighted by Crippen LogP contribution is -2.71. The van der Waals surface area contributed by atoms with E-state index >= 15 is 0 Å². The number of aliphatic carboxylic acids is 1. The monoisotopic (exact) mass is 437 g/mol. The molecule has 0 spiro atoms. The number of nitrogen functional groups attached to an aromatic ring is 1. The Labute approximate surface area is 174 Å². The van der Waals surface area contributed by atoms with Gasteiger partial charge in [0.2, 0.25) is 0 Å². The molecule has 1 aromatic heterocycles. The molecule has 29 heavy (non-hydrogen) atoms. The van der Waals surface area contributed by atoms with Crippen molar-refractivity contribution in [3.05, 3.63) is 34.5 Å². The minimum atomic E-state index is -1.18. The summed E-state index contributed by atoms with van der Waals surface area (Å²) in [6, 6.07) is -0.878. The summed E-state index contributed by atoms with van der Waals surface area (Å²) in [4.78, 5) is 47.3. The van der Waals surface area contributed by atoms with E-state index in [0.29, 0.717) is 11.3 Å². The molecule has 10 nitrogen and oxygen atoms in total. The number of carbonyl (C=O) groups is 3. The average Bonchev–Trinajstić information content (AvgIpc) is 3.12. The van der Waals surface area contributed by atoms with Crippen molar-refractivity contribution >= 4 is 51.7 Å². The third kappa shape index (κ3) is 3.98. The largest absolute Gasteiger partial charge is 0.477 e. The third-order valence-electron chi connectivity index (χ3n) is 4.12. The Morgan fingerprint density at radius 2 is 2.31 bits per heavy atom. The second kappa shape index (κ2) is 8.66. The number of hydrogen-bond donors (Lipinski definition) is 3. The maximum atomic E-state index is 12.7. The smallest absolute Gasteiger partial charge is 0.352 e. The van der Waals surface area contributed by atoms with Gasteiger partial charge in [-0.15, -0.1) is 23.1 Å². The van der Waals surface area contributed by atoms with E-state index in [1.54, 1.807) is 31.4 Å². The summed E-state index contributed by atoms with van der Waals surface area (Å²) >= 11 is 2.52. The van der Waals surface area contributed by atoms with Gasteiger partial charge in [-0.05, 0) is 19.4 Å². The number of aromatic nitrogens is 1. The topological polar surface area (TPSA) is 147 Å². The normalized spacial score (nSPS) is 21.8. The second-order valence-electron chi connectivity index (χ2n) is 5.97. The zero-order chi connectivity index (χ0) is 21.1. The fraction of sp³-hybridized carbons (Fsp3) is 0.353. The Kier molecular flexibility index (Phi) is 6.23. The minimum absolute atomic E-state index is 0.0576. The van der Waals surface area contributed by atoms with Gasteiger partial charge in [0.1, 0.15) is 29.4 Å². The van der Waals surface area contributed by atoms with Gasteiger partial charge < -0.3 is 21.0 Å².